The number of halogens is 2. The largest absolute Gasteiger partial charge is 0.147 e. The van der Waals surface area contributed by atoms with Crippen LogP contribution < -0.4 is 0 Å². The molecule has 36 heavy (non-hydrogen) atoms. The topological polar surface area (TPSA) is 53.4 Å². The van der Waals surface area contributed by atoms with Crippen LogP contribution in [0.25, 0.3) is 0 Å². The van der Waals surface area contributed by atoms with Crippen LogP contribution in [0.1, 0.15) is 80.6 Å². The molecule has 0 amide bonds. The first-order valence-corrected chi connectivity index (χ1v) is 12.5. The van der Waals surface area contributed by atoms with E-state index >= 15 is 0 Å². The molecule has 3 nitrogen and oxygen atoms in total. The van der Waals surface area contributed by atoms with Crippen molar-refractivity contribution in [3.8, 4) is 11.5 Å². The number of aromatic nitrogens is 1. The van der Waals surface area contributed by atoms with E-state index in [1.807, 2.05) is 68.6 Å². The summed E-state index contributed by atoms with van der Waals surface area (Å²) in [5.74, 6) is 0.793. The molecule has 6 heteroatoms. The maximum absolute atomic E-state index is 9.57. The maximum atomic E-state index is 9.57. The minimum atomic E-state index is 0. The van der Waals surface area contributed by atoms with Crippen molar-refractivity contribution in [1.82, 2.24) is 4.98 Å². The van der Waals surface area contributed by atoms with Crippen LogP contribution in [0, 0.1) is 27.7 Å². The molecule has 1 heterocycles. The summed E-state index contributed by atoms with van der Waals surface area (Å²) in [5, 5.41) is 19.1. The summed E-state index contributed by atoms with van der Waals surface area (Å²) in [7, 11) is 0. The predicted molar refractivity (Wildman–Crippen MR) is 156 cm³/mol. The number of benzene rings is 2. The fraction of sp³-hybridized carbons (Fsp3) is 0.400. The van der Waals surface area contributed by atoms with Crippen LogP contribution in [-0.2, 0) is 30.8 Å². The average Bonchev–Trinajstić information content (AvgIpc) is 2.71. The Morgan fingerprint density at radius 3 is 1.33 bits per heavy atom. The van der Waals surface area contributed by atoms with Gasteiger partial charge in [-0.3, -0.25) is 0 Å². The molecule has 198 valence electrons. The zero-order valence-corrected chi connectivity index (χ0v) is 26.5. The van der Waals surface area contributed by atoms with Crippen LogP contribution in [-0.4, -0.2) is 19.5 Å². The van der Waals surface area contributed by atoms with Gasteiger partial charge in [-0.25, -0.2) is 0 Å². The fourth-order valence-electron chi connectivity index (χ4n) is 3.38. The van der Waals surface area contributed by atoms with Crippen LogP contribution in [0.15, 0.2) is 48.7 Å². The molecule has 0 fully saturated rings. The SMILES string of the molecule is Cc1ccc(O)c(C(C)(C)C)c1.Cc1ccc(O)c(C(C)(C)C)c1.Cc1cnc([CH]=[Ti])c(C)c1.Cl.Cl. The molecule has 0 bridgehead atoms. The fourth-order valence-corrected chi connectivity index (χ4v) is 3.85. The first kappa shape index (κ1) is 36.5. The monoisotopic (exact) mass is 567 g/mol. The Balaban J connectivity index is 0. The second-order valence-electron chi connectivity index (χ2n) is 10.9. The summed E-state index contributed by atoms with van der Waals surface area (Å²) in [4.78, 5) is 4.24. The molecule has 1 aromatic heterocycles. The van der Waals surface area contributed by atoms with Gasteiger partial charge in [0.15, 0.2) is 0 Å². The minimum absolute atomic E-state index is 0. The van der Waals surface area contributed by atoms with Gasteiger partial charge < -0.3 is 10.2 Å². The summed E-state index contributed by atoms with van der Waals surface area (Å²) >= 11 is 2.00. The molecule has 0 atom stereocenters. The summed E-state index contributed by atoms with van der Waals surface area (Å²) in [6.07, 6.45) is 1.89. The van der Waals surface area contributed by atoms with E-state index in [1.165, 1.54) is 22.3 Å². The summed E-state index contributed by atoms with van der Waals surface area (Å²) in [6, 6.07) is 13.6. The van der Waals surface area contributed by atoms with Gasteiger partial charge in [-0.15, -0.1) is 24.8 Å². The van der Waals surface area contributed by atoms with Gasteiger partial charge in [-0.2, -0.15) is 0 Å². The van der Waals surface area contributed by atoms with E-state index < -0.39 is 0 Å². The molecule has 2 aromatic carbocycles. The van der Waals surface area contributed by atoms with E-state index in [-0.39, 0.29) is 35.6 Å². The molecule has 0 aliphatic carbocycles. The zero-order valence-electron chi connectivity index (χ0n) is 23.4. The molecule has 0 aliphatic heterocycles. The van der Waals surface area contributed by atoms with Crippen molar-refractivity contribution in [2.75, 3.05) is 0 Å². The van der Waals surface area contributed by atoms with E-state index in [0.29, 0.717) is 11.5 Å². The minimum Gasteiger partial charge on any atom is -0.147 e. The maximum Gasteiger partial charge on any atom is -0.147 e. The number of rotatable bonds is 1. The van der Waals surface area contributed by atoms with Crippen LogP contribution in [0.5, 0.6) is 11.5 Å². The molecule has 0 aliphatic rings. The molecule has 3 aromatic rings. The van der Waals surface area contributed by atoms with Gasteiger partial charge >= 0.3 is 72.2 Å². The van der Waals surface area contributed by atoms with Crippen LogP contribution in [0.3, 0.4) is 0 Å². The van der Waals surface area contributed by atoms with E-state index in [0.717, 1.165) is 16.8 Å². The number of hydrogen-bond acceptors (Lipinski definition) is 3. The third kappa shape index (κ3) is 12.1. The molecule has 3 rings (SSSR count). The summed E-state index contributed by atoms with van der Waals surface area (Å²) in [5.41, 5.74) is 8.03. The van der Waals surface area contributed by atoms with Crippen LogP contribution in [0.4, 0.5) is 0 Å². The van der Waals surface area contributed by atoms with Crippen molar-refractivity contribution >= 4 is 29.1 Å². The van der Waals surface area contributed by atoms with E-state index in [2.05, 4.69) is 66.4 Å². The molecule has 0 unspecified atom stereocenters. The molecular weight excluding hydrogens is 525 g/mol. The average molecular weight is 568 g/mol. The molecule has 0 radical (unpaired) electrons. The van der Waals surface area contributed by atoms with Crippen molar-refractivity contribution in [2.24, 2.45) is 0 Å². The summed E-state index contributed by atoms with van der Waals surface area (Å²) < 4.78 is 2.02. The molecule has 0 saturated heterocycles. The van der Waals surface area contributed by atoms with Crippen molar-refractivity contribution in [2.45, 2.75) is 80.1 Å². The predicted octanol–water partition coefficient (Wildman–Crippen LogP) is 8.24. The van der Waals surface area contributed by atoms with E-state index in [1.54, 1.807) is 12.1 Å². The normalized spacial score (nSPS) is 10.4. The number of phenolic OH excluding ortho intramolecular Hbond substituents is 2. The third-order valence-corrected chi connectivity index (χ3v) is 5.74. The molecule has 2 N–H and O–H groups in total. The Morgan fingerprint density at radius 1 is 0.667 bits per heavy atom. The van der Waals surface area contributed by atoms with E-state index in [9.17, 15) is 10.2 Å². The van der Waals surface area contributed by atoms with Gasteiger partial charge in [0.05, 0.1) is 0 Å². The van der Waals surface area contributed by atoms with Gasteiger partial charge in [0.1, 0.15) is 11.5 Å². The number of aromatic hydroxyl groups is 2. The zero-order chi connectivity index (χ0) is 26.3. The standard InChI is InChI=1S/2C11H16O.C8H9N.2ClH.Ti/c2*1-8-5-6-10(12)9(7-8)11(2,3)4;1-6-4-7(2)8(3)9-5-6;;;/h2*5-7,12H,1-4H3;3-5H,1-2H3;2*1H;. The molecule has 0 spiro atoms. The second kappa shape index (κ2) is 15.6. The molecular formula is C30H43Cl2NO2Ti. The summed E-state index contributed by atoms with van der Waals surface area (Å²) in [6.45, 7) is 20.8. The third-order valence-electron chi connectivity index (χ3n) is 5.31. The van der Waals surface area contributed by atoms with Crippen LogP contribution in [0.2, 0.25) is 0 Å². The van der Waals surface area contributed by atoms with E-state index in [4.69, 9.17) is 0 Å². The van der Waals surface area contributed by atoms with Crippen molar-refractivity contribution in [1.29, 1.82) is 0 Å². The number of hydrogen-bond donors (Lipinski definition) is 2. The smallest absolute Gasteiger partial charge is 0.147 e. The van der Waals surface area contributed by atoms with Crippen molar-refractivity contribution < 1.29 is 30.2 Å². The second-order valence-corrected chi connectivity index (χ2v) is 11.4. The van der Waals surface area contributed by atoms with Gasteiger partial charge in [-0.1, -0.05) is 76.9 Å². The van der Waals surface area contributed by atoms with Crippen molar-refractivity contribution in [3.63, 3.8) is 0 Å². The Labute approximate surface area is 242 Å². The first-order valence-electron chi connectivity index (χ1n) is 11.6. The van der Waals surface area contributed by atoms with Crippen LogP contribution >= 0.6 is 24.8 Å². The number of phenols is 2. The quantitative estimate of drug-likeness (QED) is 0.291. The number of nitrogens with zero attached hydrogens (tertiary/aromatic N) is 1. The Hall–Kier alpha value is -1.65. The number of aryl methyl sites for hydroxylation is 4. The molecule has 0 saturated carbocycles. The Morgan fingerprint density at radius 2 is 1.06 bits per heavy atom. The van der Waals surface area contributed by atoms with Gasteiger partial charge in [-0.05, 0) is 47.9 Å². The van der Waals surface area contributed by atoms with Crippen molar-refractivity contribution in [3.05, 3.63) is 87.7 Å². The first-order chi connectivity index (χ1) is 15.6. The Bertz CT molecular complexity index is 1060. The van der Waals surface area contributed by atoms with Gasteiger partial charge in [0, 0.05) is 0 Å². The Kier molecular flexibility index (Phi) is 15.8. The van der Waals surface area contributed by atoms with Gasteiger partial charge in [0.25, 0.3) is 0 Å². The van der Waals surface area contributed by atoms with Gasteiger partial charge in [0.2, 0.25) is 0 Å². The number of pyridine rings is 1.